The van der Waals surface area contributed by atoms with E-state index in [0.717, 1.165) is 15.6 Å². The lowest BCUT2D eigenvalue weighted by atomic mass is 10.1. The molecule has 0 unspecified atom stereocenters. The largest absolute Gasteiger partial charge is 0.496 e. The minimum absolute atomic E-state index is 0.195. The van der Waals surface area contributed by atoms with Gasteiger partial charge in [-0.3, -0.25) is 4.79 Å². The van der Waals surface area contributed by atoms with Crippen LogP contribution in [0.5, 0.6) is 17.2 Å². The van der Waals surface area contributed by atoms with Gasteiger partial charge >= 0.3 is 0 Å². The summed E-state index contributed by atoms with van der Waals surface area (Å²) in [5, 5.41) is 1.10. The predicted octanol–water partition coefficient (Wildman–Crippen LogP) is 6.96. The second kappa shape index (κ2) is 8.72. The Morgan fingerprint density at radius 1 is 1.07 bits per heavy atom. The molecule has 0 saturated carbocycles. The number of Topliss-reactive ketones (excluding diaryl/α,β-unsaturated/α-hetero) is 1. The van der Waals surface area contributed by atoms with Crippen molar-refractivity contribution in [3.63, 3.8) is 0 Å². The monoisotopic (exact) mass is 504 g/mol. The van der Waals surface area contributed by atoms with Crippen LogP contribution in [0.15, 0.2) is 64.8 Å². The number of fused-ring (bicyclic) bond motifs is 1. The maximum atomic E-state index is 12.7. The molecule has 30 heavy (non-hydrogen) atoms. The molecule has 1 aliphatic heterocycles. The van der Waals surface area contributed by atoms with Crippen LogP contribution in [-0.2, 0) is 6.61 Å². The Labute approximate surface area is 192 Å². The lowest BCUT2D eigenvalue weighted by molar-refractivity contribution is 0.101. The normalized spacial score (nSPS) is 13.9. The highest BCUT2D eigenvalue weighted by molar-refractivity contribution is 9.10. The zero-order valence-corrected chi connectivity index (χ0v) is 18.8. The highest BCUT2D eigenvalue weighted by atomic mass is 79.9. The van der Waals surface area contributed by atoms with Gasteiger partial charge in [-0.05, 0) is 48.5 Å². The van der Waals surface area contributed by atoms with Crippen LogP contribution in [0.3, 0.4) is 0 Å². The molecule has 0 aromatic heterocycles. The van der Waals surface area contributed by atoms with Gasteiger partial charge in [-0.15, -0.1) is 0 Å². The topological polar surface area (TPSA) is 44.8 Å². The fraction of sp³-hybridized carbons (Fsp3) is 0.0870. The Morgan fingerprint density at radius 2 is 1.90 bits per heavy atom. The van der Waals surface area contributed by atoms with Crippen molar-refractivity contribution in [1.29, 1.82) is 0 Å². The Balaban J connectivity index is 1.55. The summed E-state index contributed by atoms with van der Waals surface area (Å²) < 4.78 is 17.9. The average molecular weight is 506 g/mol. The van der Waals surface area contributed by atoms with E-state index in [4.69, 9.17) is 37.4 Å². The minimum Gasteiger partial charge on any atom is -0.496 e. The van der Waals surface area contributed by atoms with Gasteiger partial charge < -0.3 is 14.2 Å². The second-order valence-corrected chi connectivity index (χ2v) is 8.27. The van der Waals surface area contributed by atoms with Crippen LogP contribution in [0.2, 0.25) is 10.0 Å². The first kappa shape index (κ1) is 20.8. The standard InChI is InChI=1S/C23H15BrCl2O4/c1-28-20-7-3-15(24)8-14(20)9-22-23(27)18-6-5-17(11-21(18)30-22)29-12-13-2-4-16(25)10-19(13)26/h2-11H,12H2,1H3/b22-9-. The molecule has 0 radical (unpaired) electrons. The Hall–Kier alpha value is -2.47. The molecule has 0 aliphatic carbocycles. The van der Waals surface area contributed by atoms with Gasteiger partial charge in [0.1, 0.15) is 23.9 Å². The Bertz CT molecular complexity index is 1170. The summed E-state index contributed by atoms with van der Waals surface area (Å²) >= 11 is 15.5. The molecule has 0 saturated heterocycles. The van der Waals surface area contributed by atoms with E-state index in [0.29, 0.717) is 32.9 Å². The number of halogens is 3. The molecule has 0 fully saturated rings. The van der Waals surface area contributed by atoms with Crippen LogP contribution in [-0.4, -0.2) is 12.9 Å². The lowest BCUT2D eigenvalue weighted by Crippen LogP contribution is -1.99. The van der Waals surface area contributed by atoms with Gasteiger partial charge in [-0.2, -0.15) is 0 Å². The van der Waals surface area contributed by atoms with Crippen molar-refractivity contribution in [2.75, 3.05) is 7.11 Å². The average Bonchev–Trinajstić information content (AvgIpc) is 3.02. The van der Waals surface area contributed by atoms with Crippen molar-refractivity contribution in [1.82, 2.24) is 0 Å². The number of rotatable bonds is 5. The molecule has 0 amide bonds. The maximum absolute atomic E-state index is 12.7. The quantitative estimate of drug-likeness (QED) is 0.351. The highest BCUT2D eigenvalue weighted by Gasteiger charge is 2.28. The number of ketones is 1. The summed E-state index contributed by atoms with van der Waals surface area (Å²) in [6.07, 6.45) is 1.67. The van der Waals surface area contributed by atoms with Crippen molar-refractivity contribution < 1.29 is 19.0 Å². The van der Waals surface area contributed by atoms with Crippen LogP contribution in [0.4, 0.5) is 0 Å². The molecule has 152 valence electrons. The van der Waals surface area contributed by atoms with E-state index in [1.54, 1.807) is 43.5 Å². The SMILES string of the molecule is COc1ccc(Br)cc1/C=C1\Oc2cc(OCc3ccc(Cl)cc3Cl)ccc2C1=O. The predicted molar refractivity (Wildman–Crippen MR) is 121 cm³/mol. The molecule has 0 spiro atoms. The zero-order valence-electron chi connectivity index (χ0n) is 15.7. The summed E-state index contributed by atoms with van der Waals surface area (Å²) in [6, 6.07) is 15.9. The van der Waals surface area contributed by atoms with Crippen molar-refractivity contribution in [3.8, 4) is 17.2 Å². The van der Waals surface area contributed by atoms with Crippen LogP contribution in [0.1, 0.15) is 21.5 Å². The minimum atomic E-state index is -0.195. The van der Waals surface area contributed by atoms with Gasteiger partial charge in [0.05, 0.1) is 12.7 Å². The van der Waals surface area contributed by atoms with Crippen LogP contribution < -0.4 is 14.2 Å². The van der Waals surface area contributed by atoms with Gasteiger partial charge in [0.2, 0.25) is 5.78 Å². The lowest BCUT2D eigenvalue weighted by Gasteiger charge is -2.09. The van der Waals surface area contributed by atoms with E-state index in [1.165, 1.54) is 0 Å². The third kappa shape index (κ3) is 4.33. The Morgan fingerprint density at radius 3 is 2.67 bits per heavy atom. The summed E-state index contributed by atoms with van der Waals surface area (Å²) in [7, 11) is 1.58. The molecule has 3 aromatic carbocycles. The summed E-state index contributed by atoms with van der Waals surface area (Å²) in [4.78, 5) is 12.7. The summed E-state index contributed by atoms with van der Waals surface area (Å²) in [5.74, 6) is 1.68. The van der Waals surface area contributed by atoms with Crippen molar-refractivity contribution in [3.05, 3.63) is 91.6 Å². The number of ether oxygens (including phenoxy) is 3. The van der Waals surface area contributed by atoms with Crippen LogP contribution in [0, 0.1) is 0 Å². The van der Waals surface area contributed by atoms with E-state index in [9.17, 15) is 4.79 Å². The molecule has 1 heterocycles. The Kier molecular flexibility index (Phi) is 6.04. The first-order valence-corrected chi connectivity index (χ1v) is 10.5. The van der Waals surface area contributed by atoms with Crippen LogP contribution >= 0.6 is 39.1 Å². The molecule has 4 nitrogen and oxygen atoms in total. The molecular formula is C23H15BrCl2O4. The molecule has 1 aliphatic rings. The van der Waals surface area contributed by atoms with E-state index >= 15 is 0 Å². The summed E-state index contributed by atoms with van der Waals surface area (Å²) in [5.41, 5.74) is 2.02. The first-order valence-electron chi connectivity index (χ1n) is 8.93. The van der Waals surface area contributed by atoms with Gasteiger partial charge in [-0.25, -0.2) is 0 Å². The number of hydrogen-bond acceptors (Lipinski definition) is 4. The van der Waals surface area contributed by atoms with Crippen LogP contribution in [0.25, 0.3) is 6.08 Å². The third-order valence-corrected chi connectivity index (χ3v) is 5.61. The van der Waals surface area contributed by atoms with Crippen molar-refractivity contribution in [2.45, 2.75) is 6.61 Å². The number of methoxy groups -OCH3 is 1. The molecule has 0 N–H and O–H groups in total. The van der Waals surface area contributed by atoms with Gasteiger partial charge in [0, 0.05) is 31.7 Å². The number of hydrogen-bond donors (Lipinski definition) is 0. The molecule has 4 rings (SSSR count). The maximum Gasteiger partial charge on any atom is 0.231 e. The molecule has 0 atom stereocenters. The number of allylic oxidation sites excluding steroid dienone is 1. The summed E-state index contributed by atoms with van der Waals surface area (Å²) in [6.45, 7) is 0.265. The van der Waals surface area contributed by atoms with Gasteiger partial charge in [0.15, 0.2) is 5.76 Å². The molecule has 7 heteroatoms. The van der Waals surface area contributed by atoms with E-state index in [2.05, 4.69) is 15.9 Å². The molecular weight excluding hydrogens is 491 g/mol. The first-order chi connectivity index (χ1) is 14.4. The molecule has 3 aromatic rings. The molecule has 0 bridgehead atoms. The van der Waals surface area contributed by atoms with E-state index in [-0.39, 0.29) is 18.1 Å². The highest BCUT2D eigenvalue weighted by Crippen LogP contribution is 2.36. The van der Waals surface area contributed by atoms with Crippen molar-refractivity contribution >= 4 is 51.0 Å². The zero-order chi connectivity index (χ0) is 21.3. The smallest absolute Gasteiger partial charge is 0.231 e. The van der Waals surface area contributed by atoms with Gasteiger partial charge in [-0.1, -0.05) is 45.2 Å². The van der Waals surface area contributed by atoms with E-state index < -0.39 is 0 Å². The fourth-order valence-electron chi connectivity index (χ4n) is 3.02. The third-order valence-electron chi connectivity index (χ3n) is 4.53. The fourth-order valence-corrected chi connectivity index (χ4v) is 3.86. The van der Waals surface area contributed by atoms with Gasteiger partial charge in [0.25, 0.3) is 0 Å². The van der Waals surface area contributed by atoms with Crippen molar-refractivity contribution in [2.24, 2.45) is 0 Å². The number of benzene rings is 3. The second-order valence-electron chi connectivity index (χ2n) is 6.51. The number of carbonyl (C=O) groups excluding carboxylic acids is 1. The van der Waals surface area contributed by atoms with E-state index in [1.807, 2.05) is 24.3 Å². The number of carbonyl (C=O) groups is 1.